The maximum atomic E-state index is 12.1. The zero-order chi connectivity index (χ0) is 94.4. The molecule has 1 unspecified atom stereocenters. The third-order valence-corrected chi connectivity index (χ3v) is 34.3. The van der Waals surface area contributed by atoms with E-state index in [0.29, 0.717) is 59.6 Å². The van der Waals surface area contributed by atoms with Crippen molar-refractivity contribution in [2.45, 2.75) is 307 Å². The molecule has 729 valence electrons. The summed E-state index contributed by atoms with van der Waals surface area (Å²) in [7, 11) is 4.03. The first kappa shape index (κ1) is 115. The van der Waals surface area contributed by atoms with E-state index in [1.807, 2.05) is 66.9 Å². The van der Waals surface area contributed by atoms with Gasteiger partial charge in [-0.3, -0.25) is 14.4 Å². The quantitative estimate of drug-likeness (QED) is 0.0689. The zero-order valence-corrected chi connectivity index (χ0v) is 90.6. The van der Waals surface area contributed by atoms with Crippen molar-refractivity contribution in [2.24, 2.45) is 125 Å². The fraction of sp³-hybridized carbons (Fsp3) is 0.744. The molecule has 8 heterocycles. The molecule has 0 N–H and O–H groups in total. The Bertz CT molecular complexity index is 3980. The van der Waals surface area contributed by atoms with Gasteiger partial charge >= 0.3 is 0 Å². The Balaban J connectivity index is 0.000000263. The van der Waals surface area contributed by atoms with Crippen LogP contribution in [0.4, 0.5) is 0 Å². The molecular formula is C117H194N9O3Y-. The Morgan fingerprint density at radius 3 is 1.10 bits per heavy atom. The van der Waals surface area contributed by atoms with Crippen molar-refractivity contribution >= 4 is 17.7 Å². The van der Waals surface area contributed by atoms with E-state index < -0.39 is 0 Å². The van der Waals surface area contributed by atoms with Crippen molar-refractivity contribution in [1.29, 1.82) is 0 Å². The van der Waals surface area contributed by atoms with Crippen LogP contribution < -0.4 is 0 Å². The molecule has 3 amide bonds. The first-order chi connectivity index (χ1) is 59.2. The molecule has 7 saturated carbocycles. The first-order valence-corrected chi connectivity index (χ1v) is 50.4. The van der Waals surface area contributed by atoms with Gasteiger partial charge in [0.05, 0.1) is 11.4 Å². The van der Waals surface area contributed by atoms with Crippen LogP contribution in [0.25, 0.3) is 0 Å². The molecule has 13 heteroatoms. The molecule has 0 bridgehead atoms. The summed E-state index contributed by atoms with van der Waals surface area (Å²) in [6, 6.07) is 0. The molecular weight excluding hydrogens is 1670 g/mol. The molecule has 8 aliphatic heterocycles. The number of nitrogens with zero attached hydrogens (tertiary/aromatic N) is 9. The summed E-state index contributed by atoms with van der Waals surface area (Å²) in [5, 5.41) is 0. The van der Waals surface area contributed by atoms with Gasteiger partial charge in [0.2, 0.25) is 11.8 Å². The summed E-state index contributed by atoms with van der Waals surface area (Å²) in [5.74, 6) is 27.4. The first-order valence-electron chi connectivity index (χ1n) is 50.4. The molecule has 7 spiro atoms. The number of allylic oxidation sites excluding steroid dienone is 5. The SMILES string of the molecule is C.C=C(C#CC)N1CC2(CC(C(C)(C)C)C2)C1.C=C(C#CC)N1CCC2(CC(C(C)(C)C)C2)C1.C=CC(=C)N1CC2(CC(C(C)C)C2)C1.C=CC(=C)N1CCC2(CC(C(C)(C)C)C2)C1.C=CC(=C)N1CCCC(C(C)(C)C)C1.C=CC(=O)N1CCC2(CC1)CC(C(C)C)C2.CC#CC(=O)N1CCC2(CC1)CC(C)C2.CC(C)C1CC2(CCN(C(=O)/C=C/CN(C)C)C2)C1.[CH3-].[Y]. The summed E-state index contributed by atoms with van der Waals surface area (Å²) >= 11 is 0. The van der Waals surface area contributed by atoms with Gasteiger partial charge in [-0.2, -0.15) is 0 Å². The smallest absolute Gasteiger partial charge is 0.298 e. The third-order valence-electron chi connectivity index (χ3n) is 34.3. The van der Waals surface area contributed by atoms with Gasteiger partial charge in [-0.1, -0.05) is 234 Å². The number of rotatable bonds is 15. The minimum atomic E-state index is 0. The fourth-order valence-corrected chi connectivity index (χ4v) is 24.5. The van der Waals surface area contributed by atoms with Gasteiger partial charge < -0.3 is 51.5 Å². The molecule has 130 heavy (non-hydrogen) atoms. The second-order valence-electron chi connectivity index (χ2n) is 49.5. The topological polar surface area (TPSA) is 80.4 Å². The molecule has 0 aromatic carbocycles. The van der Waals surface area contributed by atoms with E-state index in [9.17, 15) is 14.4 Å². The number of likely N-dealkylation sites (tertiary alicyclic amines) is 8. The van der Waals surface area contributed by atoms with Gasteiger partial charge in [-0.05, 0) is 327 Å². The van der Waals surface area contributed by atoms with E-state index in [4.69, 9.17) is 0 Å². The number of carbonyl (C=O) groups is 3. The third kappa shape index (κ3) is 30.8. The number of carbonyl (C=O) groups excluding carboxylic acids is 3. The summed E-state index contributed by atoms with van der Waals surface area (Å²) in [6.45, 7) is 103. The molecule has 0 aromatic rings. The van der Waals surface area contributed by atoms with Crippen LogP contribution >= 0.6 is 0 Å². The molecule has 15 aliphatic rings. The van der Waals surface area contributed by atoms with Gasteiger partial charge in [-0.25, -0.2) is 0 Å². The minimum Gasteiger partial charge on any atom is -0.372 e. The molecule has 15 fully saturated rings. The predicted molar refractivity (Wildman–Crippen MR) is 554 cm³/mol. The second kappa shape index (κ2) is 48.0. The van der Waals surface area contributed by atoms with Crippen LogP contribution in [0.1, 0.15) is 307 Å². The van der Waals surface area contributed by atoms with Crippen molar-refractivity contribution in [3.05, 3.63) is 132 Å². The van der Waals surface area contributed by atoms with Gasteiger partial charge in [0, 0.05) is 178 Å². The van der Waals surface area contributed by atoms with Crippen LogP contribution in [0, 0.1) is 168 Å². The van der Waals surface area contributed by atoms with Crippen LogP contribution in [0.5, 0.6) is 0 Å². The Kier molecular flexibility index (Phi) is 42.5. The minimum absolute atomic E-state index is 0. The predicted octanol–water partition coefficient (Wildman–Crippen LogP) is 25.7. The largest absolute Gasteiger partial charge is 0.372 e. The van der Waals surface area contributed by atoms with Gasteiger partial charge in [0.15, 0.2) is 0 Å². The van der Waals surface area contributed by atoms with Gasteiger partial charge in [0.25, 0.3) is 5.91 Å². The van der Waals surface area contributed by atoms with Crippen molar-refractivity contribution in [1.82, 2.24) is 44.1 Å². The standard InChI is InChI=1S/C16H28N2O.C16H25N.C15H25N.C15H23N.C14H23NO.C13H19NO.C13H21N.C13H23N.CH4.CH3.Y/c1-13(2)14-10-16(11-14)7-9-18(12-16)15(19)6-5-8-17(3)4;1-6-7-13(2)17-9-8-16(12-17)10-14(11-16)15(3,4)5;1-6-12(2)16-8-7-15(11-16)9-13(10-15)14(3,4)5;1-6-7-12(2)16-10-15(11-16)8-13(9-15)14(3,4)5;1-4-13(16)15-7-5-14(6-8-15)9-12(10-14)11(2)3;1-3-4-12(15)14-7-5-13(6-8-14)9-11(2)10-13;1-5-11(4)14-8-13(9-14)6-12(7-13)10(2)3;1-6-11(2)14-9-7-8-12(10-14)13(3,4)5;;;/h5-6,13-14H,7-12H2,1-4H3;14H,2,8-12H2,1,3-5H3;6,13H,1-2,7-11H2,3-5H3;13H,2,8-11H2,1,3-5H3;4,11-12H,1,5-10H2,2-3H3;11H,5-10H2,1-2H3;5,10,12H,1,4,6-9H2,2-3H3;6,12H,1-2,7-10H2,3-5H3;1H4;1H3;/q;;;;;;;;;-1;/b6-5+;;;;;;;;;;. The normalized spacial score (nSPS) is 23.7. The van der Waals surface area contributed by atoms with E-state index in [-0.39, 0.29) is 65.3 Å². The Labute approximate surface area is 827 Å². The number of likely N-dealkylation sites (N-methyl/N-ethyl adjacent to an activating group) is 1. The van der Waals surface area contributed by atoms with E-state index in [0.717, 1.165) is 159 Å². The van der Waals surface area contributed by atoms with E-state index in [2.05, 4.69) is 256 Å². The van der Waals surface area contributed by atoms with E-state index >= 15 is 0 Å². The summed E-state index contributed by atoms with van der Waals surface area (Å²) < 4.78 is 0. The van der Waals surface area contributed by atoms with Crippen LogP contribution in [-0.2, 0) is 47.1 Å². The van der Waals surface area contributed by atoms with Crippen LogP contribution in [-0.4, -0.2) is 187 Å². The molecule has 1 radical (unpaired) electrons. The van der Waals surface area contributed by atoms with E-state index in [1.54, 1.807) is 13.0 Å². The number of piperidine rings is 3. The van der Waals surface area contributed by atoms with Crippen molar-refractivity contribution < 1.29 is 47.1 Å². The number of hydrogen-bond donors (Lipinski definition) is 0. The van der Waals surface area contributed by atoms with Crippen molar-refractivity contribution in [3.63, 3.8) is 0 Å². The molecule has 8 saturated heterocycles. The van der Waals surface area contributed by atoms with Crippen LogP contribution in [0.15, 0.2) is 124 Å². The summed E-state index contributed by atoms with van der Waals surface area (Å²) in [6.07, 6.45) is 41.6. The Morgan fingerprint density at radius 1 is 0.385 bits per heavy atom. The van der Waals surface area contributed by atoms with Crippen molar-refractivity contribution in [2.75, 3.05) is 125 Å². The summed E-state index contributed by atoms with van der Waals surface area (Å²) in [5.41, 5.74) is 11.4. The van der Waals surface area contributed by atoms with Gasteiger partial charge in [0.1, 0.15) is 0 Å². The molecule has 0 aromatic heterocycles. The maximum Gasteiger partial charge on any atom is 0.298 e. The second-order valence-corrected chi connectivity index (χ2v) is 49.5. The maximum absolute atomic E-state index is 12.1. The van der Waals surface area contributed by atoms with Crippen LogP contribution in [0.3, 0.4) is 0 Å². The fourth-order valence-electron chi connectivity index (χ4n) is 24.5. The summed E-state index contributed by atoms with van der Waals surface area (Å²) in [4.78, 5) is 54.9. The number of hydrogen-bond acceptors (Lipinski definition) is 9. The molecule has 7 aliphatic carbocycles. The molecule has 12 nitrogen and oxygen atoms in total. The average Bonchev–Trinajstić information content (AvgIpc) is 1.23. The van der Waals surface area contributed by atoms with E-state index in [1.165, 1.54) is 200 Å². The Morgan fingerprint density at radius 2 is 0.700 bits per heavy atom. The molecule has 15 rings (SSSR count). The van der Waals surface area contributed by atoms with Crippen molar-refractivity contribution in [3.8, 4) is 35.5 Å². The van der Waals surface area contributed by atoms with Crippen LogP contribution in [0.2, 0.25) is 0 Å². The monoisotopic (exact) mass is 1860 g/mol. The Hall–Kier alpha value is -5.45. The molecule has 1 atom stereocenters. The average molecular weight is 1860 g/mol. The number of amides is 3. The van der Waals surface area contributed by atoms with Gasteiger partial charge in [-0.15, -0.1) is 0 Å². The zero-order valence-electron chi connectivity index (χ0n) is 87.8.